The number of aromatic nitrogens is 2. The number of halogens is 3. The van der Waals surface area contributed by atoms with E-state index in [0.29, 0.717) is 21.1 Å². The maximum atomic E-state index is 12.6. The van der Waals surface area contributed by atoms with E-state index in [4.69, 9.17) is 11.6 Å². The van der Waals surface area contributed by atoms with Gasteiger partial charge in [-0.05, 0) is 37.6 Å². The summed E-state index contributed by atoms with van der Waals surface area (Å²) in [5.74, 6) is -0.535. The summed E-state index contributed by atoms with van der Waals surface area (Å²) in [6, 6.07) is 3.97. The molecule has 11 heteroatoms. The smallest absolute Gasteiger partial charge is 0.387 e. The molecule has 0 atom stereocenters. The van der Waals surface area contributed by atoms with Crippen LogP contribution in [0.3, 0.4) is 0 Å². The van der Waals surface area contributed by atoms with Crippen LogP contribution in [-0.4, -0.2) is 27.8 Å². The molecule has 29 heavy (non-hydrogen) atoms. The van der Waals surface area contributed by atoms with Crippen molar-refractivity contribution in [1.29, 1.82) is 0 Å². The van der Waals surface area contributed by atoms with E-state index < -0.39 is 6.61 Å². The third kappa shape index (κ3) is 4.71. The van der Waals surface area contributed by atoms with Crippen LogP contribution in [0.1, 0.15) is 10.4 Å². The molecule has 3 rings (SSSR count). The molecule has 0 saturated carbocycles. The lowest BCUT2D eigenvalue weighted by atomic mass is 10.2. The molecular formula is C18H16ClF2N3O3S2. The number of nitrogens with one attached hydrogen (secondary N) is 1. The molecule has 1 N–H and O–H groups in total. The number of hydrogen-bond donors (Lipinski definition) is 1. The summed E-state index contributed by atoms with van der Waals surface area (Å²) in [6.07, 6.45) is 0. The maximum absolute atomic E-state index is 12.6. The first-order valence-corrected chi connectivity index (χ1v) is 10.5. The fourth-order valence-electron chi connectivity index (χ4n) is 2.58. The largest absolute Gasteiger partial charge is 0.433 e. The summed E-state index contributed by atoms with van der Waals surface area (Å²) < 4.78 is 30.2. The molecule has 154 valence electrons. The van der Waals surface area contributed by atoms with Crippen molar-refractivity contribution in [3.05, 3.63) is 44.0 Å². The van der Waals surface area contributed by atoms with Crippen LogP contribution in [0.2, 0.25) is 5.02 Å². The molecule has 2 heterocycles. The van der Waals surface area contributed by atoms with Gasteiger partial charge in [-0.25, -0.2) is 4.98 Å². The fourth-order valence-corrected chi connectivity index (χ4v) is 4.65. The quantitative estimate of drug-likeness (QED) is 0.431. The first kappa shape index (κ1) is 21.5. The lowest BCUT2D eigenvalue weighted by Gasteiger charge is -2.10. The van der Waals surface area contributed by atoms with E-state index in [-0.39, 0.29) is 28.0 Å². The van der Waals surface area contributed by atoms with Crippen molar-refractivity contribution < 1.29 is 18.3 Å². The molecule has 0 aliphatic heterocycles. The number of nitrogens with zero attached hydrogens (tertiary/aromatic N) is 2. The summed E-state index contributed by atoms with van der Waals surface area (Å²) in [5.41, 5.74) is 1.11. The Labute approximate surface area is 177 Å². The lowest BCUT2D eigenvalue weighted by Crippen LogP contribution is -2.21. The van der Waals surface area contributed by atoms with Crippen molar-refractivity contribution in [2.75, 3.05) is 11.1 Å². The van der Waals surface area contributed by atoms with Gasteiger partial charge < -0.3 is 10.1 Å². The summed E-state index contributed by atoms with van der Waals surface area (Å²) >= 11 is 8.44. The molecular weight excluding hydrogens is 444 g/mol. The van der Waals surface area contributed by atoms with Crippen molar-refractivity contribution in [3.63, 3.8) is 0 Å². The van der Waals surface area contributed by atoms with E-state index in [1.54, 1.807) is 7.05 Å². The second kappa shape index (κ2) is 8.68. The van der Waals surface area contributed by atoms with Crippen LogP contribution >= 0.6 is 34.7 Å². The Morgan fingerprint density at radius 2 is 2.14 bits per heavy atom. The number of anilines is 1. The minimum atomic E-state index is -2.99. The molecule has 0 saturated heterocycles. The van der Waals surface area contributed by atoms with Crippen LogP contribution in [0.15, 0.2) is 28.2 Å². The molecule has 0 bridgehead atoms. The molecule has 0 unspecified atom stereocenters. The minimum Gasteiger partial charge on any atom is -0.433 e. The molecule has 1 aromatic carbocycles. The van der Waals surface area contributed by atoms with Gasteiger partial charge >= 0.3 is 6.61 Å². The zero-order chi connectivity index (χ0) is 21.3. The second-order valence-corrected chi connectivity index (χ2v) is 8.64. The Morgan fingerprint density at radius 3 is 2.79 bits per heavy atom. The number of ether oxygens (including phenoxy) is 1. The predicted octanol–water partition coefficient (Wildman–Crippen LogP) is 4.60. The topological polar surface area (TPSA) is 73.2 Å². The first-order chi connectivity index (χ1) is 13.7. The van der Waals surface area contributed by atoms with Crippen molar-refractivity contribution >= 4 is 56.5 Å². The average molecular weight is 460 g/mol. The van der Waals surface area contributed by atoms with Crippen molar-refractivity contribution in [2.24, 2.45) is 7.05 Å². The van der Waals surface area contributed by atoms with E-state index in [1.807, 2.05) is 13.8 Å². The van der Waals surface area contributed by atoms with Gasteiger partial charge in [0.2, 0.25) is 5.91 Å². The number of thioether (sulfide) groups is 1. The van der Waals surface area contributed by atoms with Gasteiger partial charge in [0.05, 0.1) is 16.2 Å². The normalized spacial score (nSPS) is 11.3. The van der Waals surface area contributed by atoms with Gasteiger partial charge in [-0.1, -0.05) is 23.4 Å². The zero-order valence-corrected chi connectivity index (χ0v) is 18.0. The van der Waals surface area contributed by atoms with Crippen molar-refractivity contribution in [1.82, 2.24) is 9.55 Å². The molecule has 0 aliphatic rings. The number of carbonyl (C=O) groups is 1. The molecule has 0 spiro atoms. The highest BCUT2D eigenvalue weighted by atomic mass is 35.5. The minimum absolute atomic E-state index is 0.00201. The standard InChI is InChI=1S/C18H16ClF2N3O3S2/c1-8-9(2)29-15-14(8)16(26)24(3)18(23-15)28-7-13(25)22-10-4-5-12(11(19)6-10)27-17(20)21/h4-6,17H,7H2,1-3H3,(H,22,25). The fraction of sp³-hybridized carbons (Fsp3) is 0.278. The number of aryl methyl sites for hydroxylation is 2. The van der Waals surface area contributed by atoms with Crippen LogP contribution in [-0.2, 0) is 11.8 Å². The number of thiophene rings is 1. The summed E-state index contributed by atoms with van der Waals surface area (Å²) in [4.78, 5) is 31.0. The van der Waals surface area contributed by atoms with Crippen LogP contribution in [0.25, 0.3) is 10.2 Å². The Balaban J connectivity index is 1.70. The number of rotatable bonds is 6. The third-order valence-electron chi connectivity index (χ3n) is 4.13. The number of benzene rings is 1. The Morgan fingerprint density at radius 1 is 1.41 bits per heavy atom. The summed E-state index contributed by atoms with van der Waals surface area (Å²) in [7, 11) is 1.61. The van der Waals surface area contributed by atoms with Gasteiger partial charge in [0, 0.05) is 17.6 Å². The molecule has 1 amide bonds. The van der Waals surface area contributed by atoms with Gasteiger partial charge in [-0.2, -0.15) is 8.78 Å². The predicted molar refractivity (Wildman–Crippen MR) is 112 cm³/mol. The van der Waals surface area contributed by atoms with Crippen LogP contribution in [0.5, 0.6) is 5.75 Å². The van der Waals surface area contributed by atoms with Gasteiger partial charge in [-0.3, -0.25) is 14.2 Å². The number of hydrogen-bond acceptors (Lipinski definition) is 6. The van der Waals surface area contributed by atoms with E-state index in [9.17, 15) is 18.4 Å². The van der Waals surface area contributed by atoms with E-state index in [2.05, 4.69) is 15.0 Å². The highest BCUT2D eigenvalue weighted by molar-refractivity contribution is 7.99. The van der Waals surface area contributed by atoms with Crippen LogP contribution in [0.4, 0.5) is 14.5 Å². The van der Waals surface area contributed by atoms with E-state index >= 15 is 0 Å². The van der Waals surface area contributed by atoms with Crippen LogP contribution < -0.4 is 15.6 Å². The van der Waals surface area contributed by atoms with Crippen LogP contribution in [0, 0.1) is 13.8 Å². The lowest BCUT2D eigenvalue weighted by molar-refractivity contribution is -0.113. The SMILES string of the molecule is Cc1sc2nc(SCC(=O)Nc3ccc(OC(F)F)c(Cl)c3)n(C)c(=O)c2c1C. The monoisotopic (exact) mass is 459 g/mol. The van der Waals surface area contributed by atoms with E-state index in [1.165, 1.54) is 34.1 Å². The number of carbonyl (C=O) groups excluding carboxylic acids is 1. The molecule has 2 aromatic heterocycles. The zero-order valence-electron chi connectivity index (χ0n) is 15.6. The van der Waals surface area contributed by atoms with E-state index in [0.717, 1.165) is 22.2 Å². The molecule has 0 aliphatic carbocycles. The van der Waals surface area contributed by atoms with Gasteiger partial charge in [0.15, 0.2) is 5.16 Å². The highest BCUT2D eigenvalue weighted by Gasteiger charge is 2.16. The summed E-state index contributed by atoms with van der Waals surface area (Å²) in [5, 5.41) is 3.60. The van der Waals surface area contributed by atoms with Gasteiger partial charge in [0.1, 0.15) is 10.6 Å². The second-order valence-electron chi connectivity index (χ2n) is 6.08. The van der Waals surface area contributed by atoms with Gasteiger partial charge in [-0.15, -0.1) is 11.3 Å². The first-order valence-electron chi connectivity index (χ1n) is 8.31. The molecule has 0 fully saturated rings. The number of amides is 1. The molecule has 0 radical (unpaired) electrons. The molecule has 3 aromatic rings. The number of fused-ring (bicyclic) bond motifs is 1. The Bertz CT molecular complexity index is 1150. The summed E-state index contributed by atoms with van der Waals surface area (Å²) in [6.45, 7) is 0.835. The maximum Gasteiger partial charge on any atom is 0.387 e. The Kier molecular flexibility index (Phi) is 6.45. The average Bonchev–Trinajstić information content (AvgIpc) is 2.93. The number of alkyl halides is 2. The third-order valence-corrected chi connectivity index (χ3v) is 6.56. The molecule has 6 nitrogen and oxygen atoms in total. The Hall–Kier alpha value is -2.17. The highest BCUT2D eigenvalue weighted by Crippen LogP contribution is 2.30. The van der Waals surface area contributed by atoms with Gasteiger partial charge in [0.25, 0.3) is 5.56 Å². The van der Waals surface area contributed by atoms with Crippen molar-refractivity contribution in [3.8, 4) is 5.75 Å². The van der Waals surface area contributed by atoms with Crippen molar-refractivity contribution in [2.45, 2.75) is 25.6 Å².